The molecule has 0 radical (unpaired) electrons. The number of hydrogen-bond donors (Lipinski definition) is 3. The first-order valence-electron chi connectivity index (χ1n) is 12.1. The summed E-state index contributed by atoms with van der Waals surface area (Å²) >= 11 is 0. The van der Waals surface area contributed by atoms with Crippen LogP contribution in [0.25, 0.3) is 11.6 Å². The fourth-order valence-electron chi connectivity index (χ4n) is 4.40. The molecule has 0 atom stereocenters. The van der Waals surface area contributed by atoms with E-state index in [0.717, 1.165) is 35.1 Å². The lowest BCUT2D eigenvalue weighted by atomic mass is 9.96. The first kappa shape index (κ1) is 23.5. The van der Waals surface area contributed by atoms with Crippen molar-refractivity contribution in [1.29, 1.82) is 0 Å². The number of carbonyl (C=O) groups excluding carboxylic acids is 3. The van der Waals surface area contributed by atoms with Gasteiger partial charge in [-0.05, 0) is 71.9 Å². The van der Waals surface area contributed by atoms with E-state index in [1.807, 2.05) is 54.6 Å². The zero-order valence-electron chi connectivity index (χ0n) is 19.7. The summed E-state index contributed by atoms with van der Waals surface area (Å²) in [6.45, 7) is 0.973. The van der Waals surface area contributed by atoms with E-state index >= 15 is 0 Å². The van der Waals surface area contributed by atoms with Crippen molar-refractivity contribution in [3.8, 4) is 0 Å². The van der Waals surface area contributed by atoms with Crippen LogP contribution in [0.5, 0.6) is 0 Å². The van der Waals surface area contributed by atoms with Gasteiger partial charge >= 0.3 is 0 Å². The molecule has 7 nitrogen and oxygen atoms in total. The van der Waals surface area contributed by atoms with Gasteiger partial charge in [0, 0.05) is 35.8 Å². The first-order valence-corrected chi connectivity index (χ1v) is 12.1. The number of rotatable bonds is 6. The average molecular weight is 482 g/mol. The number of carbonyl (C=O) groups is 3. The van der Waals surface area contributed by atoms with Crippen molar-refractivity contribution >= 4 is 29.4 Å². The van der Waals surface area contributed by atoms with E-state index in [9.17, 15) is 14.4 Å². The van der Waals surface area contributed by atoms with Crippen molar-refractivity contribution in [2.24, 2.45) is 0 Å². The molecule has 3 N–H and O–H groups in total. The van der Waals surface area contributed by atoms with Crippen molar-refractivity contribution in [1.82, 2.24) is 15.7 Å². The van der Waals surface area contributed by atoms with Gasteiger partial charge in [-0.2, -0.15) is 0 Å². The highest BCUT2D eigenvalue weighted by Gasteiger charge is 2.26. The standard InChI is InChI=1S/C29H27N3O4/c33-27(31-36)23-11-10-20-14-15-32(18-24(20)17-23)29(35)22-8-6-19(7-9-22)16-26(21-4-2-1-3-5-21)28(34)30-25-12-13-25/h1-11,16-17,25,36H,12-15,18H2,(H,30,34)(H,31,33). The third-order valence-corrected chi connectivity index (χ3v) is 6.58. The Kier molecular flexibility index (Phi) is 6.64. The smallest absolute Gasteiger partial charge is 0.274 e. The van der Waals surface area contributed by atoms with Crippen LogP contribution >= 0.6 is 0 Å². The van der Waals surface area contributed by atoms with Crippen LogP contribution in [0.3, 0.4) is 0 Å². The highest BCUT2D eigenvalue weighted by Crippen LogP contribution is 2.25. The second kappa shape index (κ2) is 10.2. The van der Waals surface area contributed by atoms with Crippen LogP contribution < -0.4 is 10.8 Å². The fraction of sp³-hybridized carbons (Fsp3) is 0.207. The summed E-state index contributed by atoms with van der Waals surface area (Å²) in [6, 6.07) is 22.3. The summed E-state index contributed by atoms with van der Waals surface area (Å²) in [4.78, 5) is 39.6. The van der Waals surface area contributed by atoms with Gasteiger partial charge in [0.1, 0.15) is 0 Å². The summed E-state index contributed by atoms with van der Waals surface area (Å²) in [7, 11) is 0. The van der Waals surface area contributed by atoms with Crippen molar-refractivity contribution < 1.29 is 19.6 Å². The van der Waals surface area contributed by atoms with E-state index in [4.69, 9.17) is 5.21 Å². The van der Waals surface area contributed by atoms with Crippen molar-refractivity contribution in [3.05, 3.63) is 106 Å². The molecule has 3 aromatic rings. The molecule has 0 aromatic heterocycles. The minimum absolute atomic E-state index is 0.0925. The van der Waals surface area contributed by atoms with Gasteiger partial charge in [0.2, 0.25) is 0 Å². The van der Waals surface area contributed by atoms with Gasteiger partial charge in [-0.3, -0.25) is 19.6 Å². The zero-order chi connectivity index (χ0) is 25.1. The van der Waals surface area contributed by atoms with Crippen LogP contribution in [-0.4, -0.2) is 40.4 Å². The van der Waals surface area contributed by atoms with E-state index in [-0.39, 0.29) is 17.9 Å². The van der Waals surface area contributed by atoms with Gasteiger partial charge in [-0.15, -0.1) is 0 Å². The Balaban J connectivity index is 1.33. The summed E-state index contributed by atoms with van der Waals surface area (Å²) in [6.07, 6.45) is 4.58. The molecule has 1 heterocycles. The number of nitrogens with one attached hydrogen (secondary N) is 2. The van der Waals surface area contributed by atoms with E-state index < -0.39 is 5.91 Å². The molecule has 0 spiro atoms. The van der Waals surface area contributed by atoms with Crippen molar-refractivity contribution in [3.63, 3.8) is 0 Å². The predicted octanol–water partition coefficient (Wildman–Crippen LogP) is 3.82. The summed E-state index contributed by atoms with van der Waals surface area (Å²) in [5, 5.41) is 12.0. The Morgan fingerprint density at radius 3 is 2.28 bits per heavy atom. The molecular weight excluding hydrogens is 454 g/mol. The molecule has 36 heavy (non-hydrogen) atoms. The Labute approximate surface area is 209 Å². The van der Waals surface area contributed by atoms with E-state index in [1.54, 1.807) is 34.6 Å². The molecule has 7 heteroatoms. The molecule has 3 aromatic carbocycles. The lowest BCUT2D eigenvalue weighted by Gasteiger charge is -2.29. The van der Waals surface area contributed by atoms with Crippen molar-refractivity contribution in [2.75, 3.05) is 6.54 Å². The van der Waals surface area contributed by atoms with Crippen LogP contribution in [0.15, 0.2) is 72.8 Å². The fourth-order valence-corrected chi connectivity index (χ4v) is 4.40. The van der Waals surface area contributed by atoms with Gasteiger partial charge < -0.3 is 10.2 Å². The van der Waals surface area contributed by atoms with Gasteiger partial charge in [0.25, 0.3) is 17.7 Å². The van der Waals surface area contributed by atoms with Gasteiger partial charge in [0.05, 0.1) is 0 Å². The predicted molar refractivity (Wildman–Crippen MR) is 136 cm³/mol. The summed E-state index contributed by atoms with van der Waals surface area (Å²) < 4.78 is 0. The van der Waals surface area contributed by atoms with Gasteiger partial charge in [-0.25, -0.2) is 5.48 Å². The molecule has 1 fully saturated rings. The van der Waals surface area contributed by atoms with Crippen LogP contribution in [0, 0.1) is 0 Å². The maximum atomic E-state index is 13.2. The highest BCUT2D eigenvalue weighted by atomic mass is 16.5. The molecule has 3 amide bonds. The highest BCUT2D eigenvalue weighted by molar-refractivity contribution is 6.24. The molecule has 1 aliphatic carbocycles. The monoisotopic (exact) mass is 481 g/mol. The molecule has 182 valence electrons. The van der Waals surface area contributed by atoms with Crippen LogP contribution in [0.1, 0.15) is 55.8 Å². The minimum atomic E-state index is -0.578. The number of benzene rings is 3. The lowest BCUT2D eigenvalue weighted by molar-refractivity contribution is -0.115. The number of amides is 3. The summed E-state index contributed by atoms with van der Waals surface area (Å²) in [5.41, 5.74) is 6.81. The largest absolute Gasteiger partial charge is 0.349 e. The van der Waals surface area contributed by atoms with E-state index in [0.29, 0.717) is 36.2 Å². The van der Waals surface area contributed by atoms with Gasteiger partial charge in [-0.1, -0.05) is 48.5 Å². The molecule has 5 rings (SSSR count). The molecule has 0 unspecified atom stereocenters. The zero-order valence-corrected chi connectivity index (χ0v) is 19.7. The number of fused-ring (bicyclic) bond motifs is 1. The molecule has 0 saturated heterocycles. The quantitative estimate of drug-likeness (QED) is 0.216. The molecule has 0 bridgehead atoms. The number of nitrogens with zero attached hydrogens (tertiary/aromatic N) is 1. The van der Waals surface area contributed by atoms with E-state index in [1.165, 1.54) is 0 Å². The Bertz CT molecular complexity index is 1330. The summed E-state index contributed by atoms with van der Waals surface area (Å²) in [5.74, 6) is -0.765. The number of hydroxylamine groups is 1. The Morgan fingerprint density at radius 1 is 0.861 bits per heavy atom. The lowest BCUT2D eigenvalue weighted by Crippen LogP contribution is -2.36. The Morgan fingerprint density at radius 2 is 1.58 bits per heavy atom. The number of hydrogen-bond acceptors (Lipinski definition) is 4. The second-order valence-corrected chi connectivity index (χ2v) is 9.19. The maximum Gasteiger partial charge on any atom is 0.274 e. The SMILES string of the molecule is O=C(NC1CC1)C(=Cc1ccc(C(=O)N2CCc3ccc(C(=O)NO)cc3C2)cc1)c1ccccc1. The maximum absolute atomic E-state index is 13.2. The third-order valence-electron chi connectivity index (χ3n) is 6.58. The molecular formula is C29H27N3O4. The third kappa shape index (κ3) is 5.21. The van der Waals surface area contributed by atoms with Crippen molar-refractivity contribution in [2.45, 2.75) is 31.8 Å². The van der Waals surface area contributed by atoms with E-state index in [2.05, 4.69) is 5.32 Å². The van der Waals surface area contributed by atoms with Crippen LogP contribution in [0.2, 0.25) is 0 Å². The van der Waals surface area contributed by atoms with Crippen LogP contribution in [0.4, 0.5) is 0 Å². The molecule has 1 saturated carbocycles. The second-order valence-electron chi connectivity index (χ2n) is 9.19. The molecule has 2 aliphatic rings. The topological polar surface area (TPSA) is 98.7 Å². The normalized spacial score (nSPS) is 15.1. The van der Waals surface area contributed by atoms with Crippen LogP contribution in [-0.2, 0) is 17.8 Å². The van der Waals surface area contributed by atoms with Gasteiger partial charge in [0.15, 0.2) is 0 Å². The average Bonchev–Trinajstić information content (AvgIpc) is 3.75. The molecule has 1 aliphatic heterocycles. The first-order chi connectivity index (χ1) is 17.5. The Hall–Kier alpha value is -4.23. The minimum Gasteiger partial charge on any atom is -0.349 e.